The zero-order chi connectivity index (χ0) is 8.74. The first-order chi connectivity index (χ1) is 5.12. The predicted octanol–water partition coefficient (Wildman–Crippen LogP) is 1.31. The Hall–Kier alpha value is 0.616. The number of hydrogen-bond donors (Lipinski definition) is 0. The molecule has 0 N–H and O–H groups in total. The molecule has 0 heterocycles. The molecule has 0 aromatic carbocycles. The van der Waals surface area contributed by atoms with E-state index >= 15 is 0 Å². The fourth-order valence-corrected chi connectivity index (χ4v) is 1.33. The van der Waals surface area contributed by atoms with Crippen LogP contribution < -0.4 is 4.89 Å². The van der Waals surface area contributed by atoms with Gasteiger partial charge in [-0.1, -0.05) is 13.8 Å². The molecule has 0 rings (SSSR count). The van der Waals surface area contributed by atoms with Crippen molar-refractivity contribution < 1.29 is 35.3 Å². The van der Waals surface area contributed by atoms with Crippen molar-refractivity contribution >= 4 is 7.82 Å². The molecule has 0 amide bonds. The largest absolute Gasteiger partial charge is 0.756 e. The Morgan fingerprint density at radius 1 is 1.17 bits per heavy atom. The van der Waals surface area contributed by atoms with Gasteiger partial charge >= 0.3 is 0 Å². The zero-order valence-corrected chi connectivity index (χ0v) is 9.18. The first-order valence-corrected chi connectivity index (χ1v) is 5.18. The van der Waals surface area contributed by atoms with Crippen molar-refractivity contribution in [1.29, 1.82) is 0 Å². The fourth-order valence-electron chi connectivity index (χ4n) is 0.443. The topological polar surface area (TPSA) is 58.6 Å². The second-order valence-corrected chi connectivity index (χ2v) is 3.52. The van der Waals surface area contributed by atoms with E-state index in [4.69, 9.17) is 0 Å². The third-order valence-electron chi connectivity index (χ3n) is 0.907. The molecule has 0 bridgehead atoms. The molecule has 0 fully saturated rings. The SMILES string of the molecule is CCCOP(=O)([O-])OCCC.[Co]. The maximum atomic E-state index is 10.7. The van der Waals surface area contributed by atoms with Gasteiger partial charge in [-0.3, -0.25) is 4.57 Å². The molecule has 0 spiro atoms. The third kappa shape index (κ3) is 8.71. The van der Waals surface area contributed by atoms with Crippen LogP contribution in [0.4, 0.5) is 0 Å². The van der Waals surface area contributed by atoms with Crippen LogP contribution in [0.1, 0.15) is 26.7 Å². The third-order valence-corrected chi connectivity index (χ3v) is 1.90. The predicted molar refractivity (Wildman–Crippen MR) is 40.1 cm³/mol. The minimum absolute atomic E-state index is 0. The second-order valence-electron chi connectivity index (χ2n) is 2.11. The molecule has 0 aliphatic rings. The van der Waals surface area contributed by atoms with Crippen LogP contribution in [0, 0.1) is 0 Å². The van der Waals surface area contributed by atoms with Gasteiger partial charge in [0, 0.05) is 16.8 Å². The second kappa shape index (κ2) is 8.23. The maximum Gasteiger partial charge on any atom is 0.267 e. The Kier molecular flexibility index (Phi) is 10.4. The standard InChI is InChI=1S/C6H15O4P.Co/c1-3-5-9-11(7,8)10-6-4-2;/h3-6H2,1-2H3,(H,7,8);/p-1. The quantitative estimate of drug-likeness (QED) is 0.656. The van der Waals surface area contributed by atoms with Gasteiger partial charge in [0.2, 0.25) is 0 Å². The number of phosphoric acid groups is 1. The molecule has 0 aromatic heterocycles. The summed E-state index contributed by atoms with van der Waals surface area (Å²) >= 11 is 0. The van der Waals surface area contributed by atoms with E-state index < -0.39 is 7.82 Å². The fraction of sp³-hybridized carbons (Fsp3) is 1.00. The molecule has 0 unspecified atom stereocenters. The molecular formula is C6H14CoO4P-. The van der Waals surface area contributed by atoms with E-state index in [1.54, 1.807) is 0 Å². The molecule has 0 saturated carbocycles. The van der Waals surface area contributed by atoms with Gasteiger partial charge in [0.25, 0.3) is 7.82 Å². The van der Waals surface area contributed by atoms with E-state index in [0.29, 0.717) is 12.8 Å². The van der Waals surface area contributed by atoms with Crippen LogP contribution >= 0.6 is 7.82 Å². The monoisotopic (exact) mass is 240 g/mol. The molecule has 0 saturated heterocycles. The minimum atomic E-state index is -3.98. The Balaban J connectivity index is 0. The average Bonchev–Trinajstić information content (AvgIpc) is 1.97. The van der Waals surface area contributed by atoms with Crippen LogP contribution in [0.15, 0.2) is 0 Å². The summed E-state index contributed by atoms with van der Waals surface area (Å²) in [4.78, 5) is 10.7. The Morgan fingerprint density at radius 2 is 1.50 bits per heavy atom. The van der Waals surface area contributed by atoms with Crippen LogP contribution in [0.25, 0.3) is 0 Å². The number of rotatable bonds is 6. The summed E-state index contributed by atoms with van der Waals surface area (Å²) in [6, 6.07) is 0. The molecule has 77 valence electrons. The van der Waals surface area contributed by atoms with Gasteiger partial charge in [-0.2, -0.15) is 0 Å². The normalized spacial score (nSPS) is 10.9. The Bertz CT molecular complexity index is 130. The van der Waals surface area contributed by atoms with Gasteiger partial charge < -0.3 is 13.9 Å². The Morgan fingerprint density at radius 3 is 1.75 bits per heavy atom. The van der Waals surface area contributed by atoms with E-state index in [-0.39, 0.29) is 30.0 Å². The first kappa shape index (κ1) is 15.1. The van der Waals surface area contributed by atoms with Crippen LogP contribution in [-0.4, -0.2) is 13.2 Å². The van der Waals surface area contributed by atoms with Crippen LogP contribution in [0.5, 0.6) is 0 Å². The Labute approximate surface area is 83.5 Å². The van der Waals surface area contributed by atoms with Crippen LogP contribution in [0.2, 0.25) is 0 Å². The summed E-state index contributed by atoms with van der Waals surface area (Å²) in [5.74, 6) is 0. The van der Waals surface area contributed by atoms with E-state index in [1.807, 2.05) is 13.8 Å². The van der Waals surface area contributed by atoms with Crippen molar-refractivity contribution in [2.45, 2.75) is 26.7 Å². The molecule has 12 heavy (non-hydrogen) atoms. The van der Waals surface area contributed by atoms with E-state index in [1.165, 1.54) is 0 Å². The van der Waals surface area contributed by atoms with Gasteiger partial charge in [0.1, 0.15) is 0 Å². The molecule has 0 aliphatic heterocycles. The van der Waals surface area contributed by atoms with Crippen molar-refractivity contribution in [2.24, 2.45) is 0 Å². The summed E-state index contributed by atoms with van der Waals surface area (Å²) in [5, 5.41) is 0. The van der Waals surface area contributed by atoms with Crippen molar-refractivity contribution in [2.75, 3.05) is 13.2 Å². The summed E-state index contributed by atoms with van der Waals surface area (Å²) in [6.45, 7) is 4.06. The number of hydrogen-bond acceptors (Lipinski definition) is 4. The minimum Gasteiger partial charge on any atom is -0.756 e. The van der Waals surface area contributed by atoms with Crippen molar-refractivity contribution in [3.63, 3.8) is 0 Å². The summed E-state index contributed by atoms with van der Waals surface area (Å²) in [5.41, 5.74) is 0. The van der Waals surface area contributed by atoms with Gasteiger partial charge in [-0.25, -0.2) is 0 Å². The van der Waals surface area contributed by atoms with Crippen molar-refractivity contribution in [1.82, 2.24) is 0 Å². The molecule has 0 atom stereocenters. The average molecular weight is 240 g/mol. The molecule has 0 aromatic rings. The molecule has 1 radical (unpaired) electrons. The van der Waals surface area contributed by atoms with E-state index in [0.717, 1.165) is 0 Å². The number of phosphoric ester groups is 1. The summed E-state index contributed by atoms with van der Waals surface area (Å²) < 4.78 is 19.6. The van der Waals surface area contributed by atoms with E-state index in [2.05, 4.69) is 9.05 Å². The van der Waals surface area contributed by atoms with E-state index in [9.17, 15) is 9.46 Å². The van der Waals surface area contributed by atoms with Crippen LogP contribution in [-0.2, 0) is 30.4 Å². The zero-order valence-electron chi connectivity index (χ0n) is 7.24. The van der Waals surface area contributed by atoms with Crippen molar-refractivity contribution in [3.05, 3.63) is 0 Å². The van der Waals surface area contributed by atoms with Crippen molar-refractivity contribution in [3.8, 4) is 0 Å². The molecular weight excluding hydrogens is 226 g/mol. The molecule has 6 heteroatoms. The van der Waals surface area contributed by atoms with Crippen LogP contribution in [0.3, 0.4) is 0 Å². The van der Waals surface area contributed by atoms with Gasteiger partial charge in [0.05, 0.1) is 13.2 Å². The smallest absolute Gasteiger partial charge is 0.267 e. The molecule has 0 aliphatic carbocycles. The first-order valence-electron chi connectivity index (χ1n) is 3.72. The van der Waals surface area contributed by atoms with Gasteiger partial charge in [0.15, 0.2) is 0 Å². The summed E-state index contributed by atoms with van der Waals surface area (Å²) in [7, 11) is -3.98. The maximum absolute atomic E-state index is 10.7. The van der Waals surface area contributed by atoms with Gasteiger partial charge in [-0.15, -0.1) is 0 Å². The van der Waals surface area contributed by atoms with Gasteiger partial charge in [-0.05, 0) is 12.8 Å². The molecule has 4 nitrogen and oxygen atoms in total. The summed E-state index contributed by atoms with van der Waals surface area (Å²) in [6.07, 6.45) is 1.34.